The Morgan fingerprint density at radius 2 is 2.07 bits per heavy atom. The third-order valence-corrected chi connectivity index (χ3v) is 1.72. The molecule has 4 nitrogen and oxygen atoms in total. The summed E-state index contributed by atoms with van der Waals surface area (Å²) in [5.74, 6) is -0.628. The fourth-order valence-corrected chi connectivity index (χ4v) is 1.04. The zero-order valence-electron chi connectivity index (χ0n) is 8.60. The Balaban J connectivity index is 4.06. The Kier molecular flexibility index (Phi) is 5.59. The lowest BCUT2D eigenvalue weighted by Gasteiger charge is -2.19. The summed E-state index contributed by atoms with van der Waals surface area (Å²) >= 11 is 0. The van der Waals surface area contributed by atoms with Gasteiger partial charge in [0.25, 0.3) is 5.91 Å². The molecule has 0 aromatic heterocycles. The van der Waals surface area contributed by atoms with Crippen molar-refractivity contribution in [1.29, 1.82) is 0 Å². The van der Waals surface area contributed by atoms with Crippen LogP contribution in [0.1, 0.15) is 13.3 Å². The Morgan fingerprint density at radius 1 is 1.53 bits per heavy atom. The second-order valence-corrected chi connectivity index (χ2v) is 3.19. The third kappa shape index (κ3) is 6.29. The summed E-state index contributed by atoms with van der Waals surface area (Å²) in [5, 5.41) is 2.17. The fraction of sp³-hybridized carbons (Fsp3) is 0.875. The summed E-state index contributed by atoms with van der Waals surface area (Å²) in [5.41, 5.74) is 5.18. The van der Waals surface area contributed by atoms with E-state index in [1.807, 2.05) is 0 Å². The molecule has 15 heavy (non-hydrogen) atoms. The van der Waals surface area contributed by atoms with Gasteiger partial charge in [0, 0.05) is 19.7 Å². The van der Waals surface area contributed by atoms with Crippen LogP contribution in [0.5, 0.6) is 0 Å². The fourth-order valence-electron chi connectivity index (χ4n) is 1.04. The first-order valence-electron chi connectivity index (χ1n) is 4.40. The number of alkyl halides is 3. The second-order valence-electron chi connectivity index (χ2n) is 3.19. The van der Waals surface area contributed by atoms with Crippen LogP contribution < -0.4 is 11.1 Å². The summed E-state index contributed by atoms with van der Waals surface area (Å²) in [4.78, 5) is 11.2. The lowest BCUT2D eigenvalue weighted by Crippen LogP contribution is -2.45. The molecular formula is C8H15F3N2O2. The van der Waals surface area contributed by atoms with Crippen LogP contribution >= 0.6 is 0 Å². The molecule has 1 amide bonds. The van der Waals surface area contributed by atoms with Gasteiger partial charge in [0.2, 0.25) is 0 Å². The Labute approximate surface area is 86.0 Å². The molecule has 0 heterocycles. The van der Waals surface area contributed by atoms with Gasteiger partial charge in [-0.05, 0) is 6.92 Å². The number of hydrogen-bond acceptors (Lipinski definition) is 3. The zero-order valence-corrected chi connectivity index (χ0v) is 8.60. The molecule has 0 aliphatic rings. The molecule has 7 heteroatoms. The van der Waals surface area contributed by atoms with Gasteiger partial charge in [-0.3, -0.25) is 4.79 Å². The van der Waals surface area contributed by atoms with Crippen molar-refractivity contribution in [3.8, 4) is 0 Å². The number of nitrogens with one attached hydrogen (secondary N) is 1. The van der Waals surface area contributed by atoms with Gasteiger partial charge in [0.05, 0.1) is 6.42 Å². The van der Waals surface area contributed by atoms with Crippen molar-refractivity contribution in [2.45, 2.75) is 31.7 Å². The summed E-state index contributed by atoms with van der Waals surface area (Å²) < 4.78 is 40.4. The molecule has 90 valence electrons. The van der Waals surface area contributed by atoms with Crippen LogP contribution in [-0.4, -0.2) is 37.9 Å². The topological polar surface area (TPSA) is 64.3 Å². The maximum Gasteiger partial charge on any atom is 0.391 e. The predicted molar refractivity (Wildman–Crippen MR) is 48.1 cm³/mol. The Bertz CT molecular complexity index is 205. The summed E-state index contributed by atoms with van der Waals surface area (Å²) in [7, 11) is 1.27. The van der Waals surface area contributed by atoms with Crippen LogP contribution in [-0.2, 0) is 9.53 Å². The van der Waals surface area contributed by atoms with Gasteiger partial charge in [-0.15, -0.1) is 0 Å². The summed E-state index contributed by atoms with van der Waals surface area (Å²) in [6.07, 6.45) is -6.27. The van der Waals surface area contributed by atoms with E-state index in [0.717, 1.165) is 0 Å². The molecule has 2 unspecified atom stereocenters. The number of rotatable bonds is 5. The second kappa shape index (κ2) is 5.92. The molecule has 0 saturated carbocycles. The van der Waals surface area contributed by atoms with Crippen LogP contribution in [0.15, 0.2) is 0 Å². The molecule has 0 aromatic rings. The van der Waals surface area contributed by atoms with Gasteiger partial charge in [-0.25, -0.2) is 0 Å². The summed E-state index contributed by atoms with van der Waals surface area (Å²) in [6, 6.07) is -0.985. The van der Waals surface area contributed by atoms with Crippen molar-refractivity contribution < 1.29 is 22.7 Å². The van der Waals surface area contributed by atoms with E-state index in [-0.39, 0.29) is 6.54 Å². The molecular weight excluding hydrogens is 213 g/mol. The minimum atomic E-state index is -4.29. The van der Waals surface area contributed by atoms with Crippen molar-refractivity contribution >= 4 is 5.91 Å². The van der Waals surface area contributed by atoms with E-state index < -0.39 is 30.7 Å². The highest BCUT2D eigenvalue weighted by molar-refractivity contribution is 5.81. The standard InChI is InChI=1S/C8H15F3N2O2/c1-5(3-8(9,10)11)13-7(14)6(4-12)15-2/h5-6H,3-4,12H2,1-2H3,(H,13,14). The van der Waals surface area contributed by atoms with Crippen molar-refractivity contribution in [3.63, 3.8) is 0 Å². The number of carbonyl (C=O) groups excluding carboxylic acids is 1. The van der Waals surface area contributed by atoms with E-state index in [1.54, 1.807) is 0 Å². The molecule has 0 rings (SSSR count). The number of nitrogens with two attached hydrogens (primary N) is 1. The average Bonchev–Trinajstić information content (AvgIpc) is 2.02. The van der Waals surface area contributed by atoms with Crippen LogP contribution in [0.3, 0.4) is 0 Å². The van der Waals surface area contributed by atoms with E-state index in [9.17, 15) is 18.0 Å². The number of amides is 1. The normalized spacial score (nSPS) is 15.9. The maximum atomic E-state index is 11.9. The first-order chi connectivity index (χ1) is 6.80. The highest BCUT2D eigenvalue weighted by atomic mass is 19.4. The van der Waals surface area contributed by atoms with Gasteiger partial charge < -0.3 is 15.8 Å². The number of hydrogen-bond donors (Lipinski definition) is 2. The number of methoxy groups -OCH3 is 1. The van der Waals surface area contributed by atoms with Crippen molar-refractivity contribution in [1.82, 2.24) is 5.32 Å². The van der Waals surface area contributed by atoms with Gasteiger partial charge in [0.1, 0.15) is 6.10 Å². The average molecular weight is 228 g/mol. The van der Waals surface area contributed by atoms with E-state index in [1.165, 1.54) is 14.0 Å². The van der Waals surface area contributed by atoms with Crippen LogP contribution in [0, 0.1) is 0 Å². The van der Waals surface area contributed by atoms with E-state index >= 15 is 0 Å². The predicted octanol–water partition coefficient (Wildman–Crippen LogP) is 0.417. The third-order valence-electron chi connectivity index (χ3n) is 1.72. The molecule has 3 N–H and O–H groups in total. The smallest absolute Gasteiger partial charge is 0.370 e. The quantitative estimate of drug-likeness (QED) is 0.716. The van der Waals surface area contributed by atoms with Crippen molar-refractivity contribution in [3.05, 3.63) is 0 Å². The molecule has 0 fully saturated rings. The molecule has 0 radical (unpaired) electrons. The molecule has 0 bridgehead atoms. The highest BCUT2D eigenvalue weighted by Gasteiger charge is 2.31. The van der Waals surface area contributed by atoms with Gasteiger partial charge in [-0.1, -0.05) is 0 Å². The SMILES string of the molecule is COC(CN)C(=O)NC(C)CC(F)(F)F. The first-order valence-corrected chi connectivity index (χ1v) is 4.40. The summed E-state index contributed by atoms with van der Waals surface area (Å²) in [6.45, 7) is 1.20. The highest BCUT2D eigenvalue weighted by Crippen LogP contribution is 2.21. The molecule has 0 aliphatic heterocycles. The maximum absolute atomic E-state index is 11.9. The van der Waals surface area contributed by atoms with Gasteiger partial charge >= 0.3 is 6.18 Å². The van der Waals surface area contributed by atoms with E-state index in [0.29, 0.717) is 0 Å². The number of ether oxygens (including phenoxy) is 1. The number of halogens is 3. The van der Waals surface area contributed by atoms with Gasteiger partial charge in [0.15, 0.2) is 0 Å². The van der Waals surface area contributed by atoms with Gasteiger partial charge in [-0.2, -0.15) is 13.2 Å². The Hall–Kier alpha value is -0.820. The number of carbonyl (C=O) groups is 1. The largest absolute Gasteiger partial charge is 0.391 e. The minimum absolute atomic E-state index is 0.0684. The van der Waals surface area contributed by atoms with E-state index in [2.05, 4.69) is 10.1 Å². The van der Waals surface area contributed by atoms with E-state index in [4.69, 9.17) is 5.73 Å². The van der Waals surface area contributed by atoms with Crippen LogP contribution in [0.4, 0.5) is 13.2 Å². The monoisotopic (exact) mass is 228 g/mol. The van der Waals surface area contributed by atoms with Crippen LogP contribution in [0.25, 0.3) is 0 Å². The Morgan fingerprint density at radius 3 is 2.40 bits per heavy atom. The molecule has 0 spiro atoms. The zero-order chi connectivity index (χ0) is 12.1. The molecule has 0 saturated heterocycles. The lowest BCUT2D eigenvalue weighted by atomic mass is 10.2. The van der Waals surface area contributed by atoms with Crippen molar-refractivity contribution in [2.24, 2.45) is 5.73 Å². The van der Waals surface area contributed by atoms with Crippen LogP contribution in [0.2, 0.25) is 0 Å². The lowest BCUT2D eigenvalue weighted by molar-refractivity contribution is -0.143. The first kappa shape index (κ1) is 14.2. The minimum Gasteiger partial charge on any atom is -0.370 e. The molecule has 0 aromatic carbocycles. The molecule has 2 atom stereocenters. The molecule has 0 aliphatic carbocycles. The van der Waals surface area contributed by atoms with Crippen molar-refractivity contribution in [2.75, 3.05) is 13.7 Å².